The lowest BCUT2D eigenvalue weighted by Crippen LogP contribution is -2.14. The first kappa shape index (κ1) is 18.4. The van der Waals surface area contributed by atoms with E-state index < -0.39 is 17.5 Å². The van der Waals surface area contributed by atoms with Crippen molar-refractivity contribution < 1.29 is 13.6 Å². The van der Waals surface area contributed by atoms with Crippen molar-refractivity contribution in [3.8, 4) is 0 Å². The van der Waals surface area contributed by atoms with Gasteiger partial charge in [-0.2, -0.15) is 0 Å². The van der Waals surface area contributed by atoms with Gasteiger partial charge in [0, 0.05) is 11.8 Å². The predicted molar refractivity (Wildman–Crippen MR) is 100 cm³/mol. The van der Waals surface area contributed by atoms with Crippen molar-refractivity contribution in [3.63, 3.8) is 0 Å². The molecule has 0 radical (unpaired) electrons. The van der Waals surface area contributed by atoms with Crippen LogP contribution in [0.25, 0.3) is 0 Å². The molecule has 2 aromatic carbocycles. The summed E-state index contributed by atoms with van der Waals surface area (Å²) in [5.41, 5.74) is 1.51. The lowest BCUT2D eigenvalue weighted by atomic mass is 10.0. The van der Waals surface area contributed by atoms with Crippen LogP contribution in [0.3, 0.4) is 0 Å². The van der Waals surface area contributed by atoms with Gasteiger partial charge in [0.05, 0.1) is 0 Å². The number of anilines is 3. The van der Waals surface area contributed by atoms with Crippen LogP contribution in [0, 0.1) is 11.6 Å². The van der Waals surface area contributed by atoms with E-state index in [-0.39, 0.29) is 17.2 Å². The molecule has 0 fully saturated rings. The molecule has 138 valence electrons. The first-order valence-electron chi connectivity index (χ1n) is 8.38. The minimum Gasteiger partial charge on any atom is -0.335 e. The van der Waals surface area contributed by atoms with Crippen molar-refractivity contribution >= 4 is 23.1 Å². The number of rotatable bonds is 5. The van der Waals surface area contributed by atoms with E-state index >= 15 is 0 Å². The summed E-state index contributed by atoms with van der Waals surface area (Å²) in [5, 5.41) is 5.27. The molecule has 1 heterocycles. The zero-order chi connectivity index (χ0) is 19.4. The Morgan fingerprint density at radius 1 is 1.00 bits per heavy atom. The van der Waals surface area contributed by atoms with Crippen LogP contribution in [0.1, 0.15) is 35.8 Å². The number of benzene rings is 2. The molecule has 0 saturated carbocycles. The summed E-state index contributed by atoms with van der Waals surface area (Å²) in [6, 6.07) is 12.3. The van der Waals surface area contributed by atoms with Gasteiger partial charge in [0.15, 0.2) is 0 Å². The van der Waals surface area contributed by atoms with Crippen molar-refractivity contribution in [2.24, 2.45) is 0 Å². The topological polar surface area (TPSA) is 66.9 Å². The molecule has 5 nitrogen and oxygen atoms in total. The number of hydrogen-bond acceptors (Lipinski definition) is 4. The van der Waals surface area contributed by atoms with Gasteiger partial charge in [0.2, 0.25) is 0 Å². The standard InChI is InChI=1S/C20H18F2N4O/c1-12(2)13-6-8-14(9-7-13)25-20(27)17-10-18(24-11-23-17)26-19-15(21)4-3-5-16(19)22/h3-12H,1-2H3,(H,25,27)(H,23,24,26). The molecule has 2 N–H and O–H groups in total. The third-order valence-corrected chi connectivity index (χ3v) is 3.95. The van der Waals surface area contributed by atoms with Gasteiger partial charge >= 0.3 is 0 Å². The molecule has 0 atom stereocenters. The van der Waals surface area contributed by atoms with Gasteiger partial charge in [0.25, 0.3) is 5.91 Å². The number of halogens is 2. The maximum atomic E-state index is 13.7. The van der Waals surface area contributed by atoms with Gasteiger partial charge in [-0.15, -0.1) is 0 Å². The minimum absolute atomic E-state index is 0.0668. The summed E-state index contributed by atoms with van der Waals surface area (Å²) in [7, 11) is 0. The highest BCUT2D eigenvalue weighted by molar-refractivity contribution is 6.03. The lowest BCUT2D eigenvalue weighted by Gasteiger charge is -2.10. The molecule has 3 aromatic rings. The third-order valence-electron chi connectivity index (χ3n) is 3.95. The Morgan fingerprint density at radius 3 is 2.30 bits per heavy atom. The molecular formula is C20H18F2N4O. The summed E-state index contributed by atoms with van der Waals surface area (Å²) < 4.78 is 27.5. The van der Waals surface area contributed by atoms with E-state index in [2.05, 4.69) is 34.4 Å². The van der Waals surface area contributed by atoms with Gasteiger partial charge in [-0.05, 0) is 35.7 Å². The van der Waals surface area contributed by atoms with Crippen LogP contribution < -0.4 is 10.6 Å². The average molecular weight is 368 g/mol. The molecule has 0 aliphatic rings. The van der Waals surface area contributed by atoms with Crippen LogP contribution in [-0.2, 0) is 0 Å². The van der Waals surface area contributed by atoms with Gasteiger partial charge in [-0.3, -0.25) is 4.79 Å². The fourth-order valence-corrected chi connectivity index (χ4v) is 2.44. The molecule has 0 saturated heterocycles. The van der Waals surface area contributed by atoms with Crippen LogP contribution in [-0.4, -0.2) is 15.9 Å². The summed E-state index contributed by atoms with van der Waals surface area (Å²) >= 11 is 0. The van der Waals surface area contributed by atoms with Gasteiger partial charge in [-0.25, -0.2) is 18.7 Å². The summed E-state index contributed by atoms with van der Waals surface area (Å²) in [6.07, 6.45) is 1.15. The number of para-hydroxylation sites is 1. The Morgan fingerprint density at radius 2 is 1.67 bits per heavy atom. The molecule has 1 aromatic heterocycles. The molecule has 0 aliphatic carbocycles. The van der Waals surface area contributed by atoms with E-state index in [0.717, 1.165) is 24.0 Å². The summed E-state index contributed by atoms with van der Waals surface area (Å²) in [5.74, 6) is -1.47. The van der Waals surface area contributed by atoms with E-state index in [9.17, 15) is 13.6 Å². The van der Waals surface area contributed by atoms with Crippen LogP contribution in [0.15, 0.2) is 54.9 Å². The fraction of sp³-hybridized carbons (Fsp3) is 0.150. The smallest absolute Gasteiger partial charge is 0.274 e. The number of nitrogens with one attached hydrogen (secondary N) is 2. The number of aromatic nitrogens is 2. The van der Waals surface area contributed by atoms with Crippen molar-refractivity contribution in [1.29, 1.82) is 0 Å². The van der Waals surface area contributed by atoms with Crippen LogP contribution in [0.2, 0.25) is 0 Å². The first-order valence-corrected chi connectivity index (χ1v) is 8.38. The highest BCUT2D eigenvalue weighted by atomic mass is 19.1. The monoisotopic (exact) mass is 368 g/mol. The average Bonchev–Trinajstić information content (AvgIpc) is 2.65. The number of amides is 1. The maximum Gasteiger partial charge on any atom is 0.274 e. The molecule has 0 aliphatic heterocycles. The molecule has 7 heteroatoms. The largest absolute Gasteiger partial charge is 0.335 e. The Kier molecular flexibility index (Phi) is 5.40. The molecule has 27 heavy (non-hydrogen) atoms. The van der Waals surface area contributed by atoms with E-state index in [0.29, 0.717) is 11.6 Å². The molecule has 3 rings (SSSR count). The molecule has 0 unspecified atom stereocenters. The Balaban J connectivity index is 1.75. The molecule has 0 spiro atoms. The highest BCUT2D eigenvalue weighted by Gasteiger charge is 2.13. The zero-order valence-electron chi connectivity index (χ0n) is 14.8. The Hall–Kier alpha value is -3.35. The fourth-order valence-electron chi connectivity index (χ4n) is 2.44. The van der Waals surface area contributed by atoms with Gasteiger partial charge in [-0.1, -0.05) is 32.0 Å². The second-order valence-corrected chi connectivity index (χ2v) is 6.24. The van der Waals surface area contributed by atoms with Crippen molar-refractivity contribution in [2.75, 3.05) is 10.6 Å². The molecular weight excluding hydrogens is 350 g/mol. The van der Waals surface area contributed by atoms with Crippen molar-refractivity contribution in [2.45, 2.75) is 19.8 Å². The Bertz CT molecular complexity index is 938. The van der Waals surface area contributed by atoms with Gasteiger partial charge in [0.1, 0.15) is 35.2 Å². The van der Waals surface area contributed by atoms with Crippen LogP contribution in [0.4, 0.5) is 26.0 Å². The first-order chi connectivity index (χ1) is 12.9. The highest BCUT2D eigenvalue weighted by Crippen LogP contribution is 2.22. The lowest BCUT2D eigenvalue weighted by molar-refractivity contribution is 0.102. The number of carbonyl (C=O) groups excluding carboxylic acids is 1. The van der Waals surface area contributed by atoms with E-state index in [1.54, 1.807) is 0 Å². The second kappa shape index (κ2) is 7.90. The molecule has 0 bridgehead atoms. The summed E-state index contributed by atoms with van der Waals surface area (Å²) in [4.78, 5) is 20.2. The molecule has 1 amide bonds. The van der Waals surface area contributed by atoms with E-state index in [1.807, 2.05) is 24.3 Å². The third kappa shape index (κ3) is 4.44. The van der Waals surface area contributed by atoms with Crippen LogP contribution in [0.5, 0.6) is 0 Å². The predicted octanol–water partition coefficient (Wildman–Crippen LogP) is 4.87. The second-order valence-electron chi connectivity index (χ2n) is 6.24. The zero-order valence-corrected chi connectivity index (χ0v) is 14.8. The van der Waals surface area contributed by atoms with Gasteiger partial charge < -0.3 is 10.6 Å². The van der Waals surface area contributed by atoms with Crippen LogP contribution >= 0.6 is 0 Å². The van der Waals surface area contributed by atoms with Crippen molar-refractivity contribution in [3.05, 3.63) is 77.8 Å². The maximum absolute atomic E-state index is 13.7. The summed E-state index contributed by atoms with van der Waals surface area (Å²) in [6.45, 7) is 4.17. The number of hydrogen-bond donors (Lipinski definition) is 2. The minimum atomic E-state index is -0.759. The Labute approximate surface area is 155 Å². The van der Waals surface area contributed by atoms with E-state index in [4.69, 9.17) is 0 Å². The van der Waals surface area contributed by atoms with Crippen molar-refractivity contribution in [1.82, 2.24) is 9.97 Å². The van der Waals surface area contributed by atoms with E-state index in [1.165, 1.54) is 12.1 Å². The quantitative estimate of drug-likeness (QED) is 0.674. The SMILES string of the molecule is CC(C)c1ccc(NC(=O)c2cc(Nc3c(F)cccc3F)ncn2)cc1. The number of nitrogens with zero attached hydrogens (tertiary/aromatic N) is 2. The normalized spacial score (nSPS) is 10.7. The number of carbonyl (C=O) groups is 1.